The monoisotopic (exact) mass is 219 g/mol. The van der Waals surface area contributed by atoms with Crippen LogP contribution in [0.5, 0.6) is 0 Å². The molecule has 1 saturated heterocycles. The maximum Gasteiger partial charge on any atom is 0.226 e. The summed E-state index contributed by atoms with van der Waals surface area (Å²) in [6.07, 6.45) is 1.05. The third-order valence-electron chi connectivity index (χ3n) is 2.65. The van der Waals surface area contributed by atoms with Crippen LogP contribution in [0.3, 0.4) is 0 Å². The van der Waals surface area contributed by atoms with Gasteiger partial charge >= 0.3 is 0 Å². The number of likely N-dealkylation sites (tertiary alicyclic amines) is 1. The van der Waals surface area contributed by atoms with Crippen molar-refractivity contribution in [2.75, 3.05) is 32.7 Å². The molecule has 0 saturated carbocycles. The number of amides is 1. The van der Waals surface area contributed by atoms with Gasteiger partial charge in [-0.3, -0.25) is 4.79 Å². The second-order valence-corrected chi connectivity index (χ2v) is 4.26. The van der Waals surface area contributed by atoms with Gasteiger partial charge in [0.1, 0.15) is 0 Å². The van der Waals surface area contributed by atoms with Gasteiger partial charge in [-0.15, -0.1) is 11.6 Å². The third-order valence-corrected chi connectivity index (χ3v) is 3.12. The summed E-state index contributed by atoms with van der Waals surface area (Å²) in [5.74, 6) is 1.03. The molecule has 0 N–H and O–H groups in total. The minimum Gasteiger partial charge on any atom is -0.384 e. The Labute approximate surface area is 90.4 Å². The molecule has 0 aromatic rings. The highest BCUT2D eigenvalue weighted by atomic mass is 35.5. The molecule has 1 heterocycles. The fraction of sp³-hybridized carbons (Fsp3) is 0.900. The maximum atomic E-state index is 11.7. The lowest BCUT2D eigenvalue weighted by molar-refractivity contribution is -0.133. The van der Waals surface area contributed by atoms with E-state index in [2.05, 4.69) is 0 Å². The topological polar surface area (TPSA) is 29.5 Å². The van der Waals surface area contributed by atoms with E-state index in [-0.39, 0.29) is 11.8 Å². The third kappa shape index (κ3) is 2.85. The summed E-state index contributed by atoms with van der Waals surface area (Å²) >= 11 is 5.65. The van der Waals surface area contributed by atoms with Crippen molar-refractivity contribution in [3.8, 4) is 0 Å². The summed E-state index contributed by atoms with van der Waals surface area (Å²) in [6.45, 7) is 4.31. The Morgan fingerprint density at radius 3 is 3.00 bits per heavy atom. The Hall–Kier alpha value is -0.280. The van der Waals surface area contributed by atoms with Crippen LogP contribution < -0.4 is 0 Å². The predicted molar refractivity (Wildman–Crippen MR) is 56.4 cm³/mol. The van der Waals surface area contributed by atoms with E-state index in [0.717, 1.165) is 26.1 Å². The van der Waals surface area contributed by atoms with Crippen LogP contribution >= 0.6 is 11.6 Å². The molecule has 0 radical (unpaired) electrons. The molecular weight excluding hydrogens is 202 g/mol. The lowest BCUT2D eigenvalue weighted by Crippen LogP contribution is -2.34. The molecule has 0 aromatic carbocycles. The lowest BCUT2D eigenvalue weighted by atomic mass is 10.1. The Morgan fingerprint density at radius 1 is 1.71 bits per heavy atom. The van der Waals surface area contributed by atoms with E-state index < -0.39 is 0 Å². The Bertz CT molecular complexity index is 199. The van der Waals surface area contributed by atoms with Crippen LogP contribution in [0, 0.1) is 11.8 Å². The predicted octanol–water partition coefficient (Wildman–Crippen LogP) is 1.36. The molecule has 0 aromatic heterocycles. The molecule has 1 aliphatic rings. The summed E-state index contributed by atoms with van der Waals surface area (Å²) in [5.41, 5.74) is 0. The average molecular weight is 220 g/mol. The van der Waals surface area contributed by atoms with E-state index in [0.29, 0.717) is 11.8 Å². The zero-order chi connectivity index (χ0) is 10.6. The average Bonchev–Trinajstić information content (AvgIpc) is 2.64. The standard InChI is InChI=1S/C10H18ClNO2/c1-8(5-11)10(13)12-4-3-9(6-12)7-14-2/h8-9H,3-7H2,1-2H3. The SMILES string of the molecule is COCC1CCN(C(=O)C(C)CCl)C1. The molecule has 82 valence electrons. The van der Waals surface area contributed by atoms with Crippen LogP contribution in [0.15, 0.2) is 0 Å². The van der Waals surface area contributed by atoms with Crippen LogP contribution in [0.4, 0.5) is 0 Å². The van der Waals surface area contributed by atoms with Crippen LogP contribution in [-0.4, -0.2) is 43.5 Å². The summed E-state index contributed by atoms with van der Waals surface area (Å²) in [4.78, 5) is 13.6. The first kappa shape index (κ1) is 11.8. The Morgan fingerprint density at radius 2 is 2.43 bits per heavy atom. The number of rotatable bonds is 4. The van der Waals surface area contributed by atoms with Crippen molar-refractivity contribution < 1.29 is 9.53 Å². The molecule has 0 spiro atoms. The second-order valence-electron chi connectivity index (χ2n) is 3.95. The highest BCUT2D eigenvalue weighted by Crippen LogP contribution is 2.18. The molecule has 14 heavy (non-hydrogen) atoms. The van der Waals surface area contributed by atoms with Gasteiger partial charge in [-0.05, 0) is 6.42 Å². The van der Waals surface area contributed by atoms with Gasteiger partial charge in [-0.25, -0.2) is 0 Å². The van der Waals surface area contributed by atoms with E-state index in [9.17, 15) is 4.79 Å². The van der Waals surface area contributed by atoms with E-state index >= 15 is 0 Å². The number of carbonyl (C=O) groups is 1. The van der Waals surface area contributed by atoms with Gasteiger partial charge in [0.15, 0.2) is 0 Å². The molecule has 3 nitrogen and oxygen atoms in total. The molecule has 1 aliphatic heterocycles. The van der Waals surface area contributed by atoms with Crippen molar-refractivity contribution in [1.29, 1.82) is 0 Å². The normalized spacial score (nSPS) is 23.9. The van der Waals surface area contributed by atoms with E-state index in [1.165, 1.54) is 0 Å². The van der Waals surface area contributed by atoms with E-state index in [1.807, 2.05) is 11.8 Å². The van der Waals surface area contributed by atoms with Gasteiger partial charge in [-0.2, -0.15) is 0 Å². The van der Waals surface area contributed by atoms with E-state index in [4.69, 9.17) is 16.3 Å². The van der Waals surface area contributed by atoms with Crippen molar-refractivity contribution >= 4 is 17.5 Å². The zero-order valence-electron chi connectivity index (χ0n) is 8.83. The van der Waals surface area contributed by atoms with Crippen LogP contribution in [0.1, 0.15) is 13.3 Å². The number of nitrogens with zero attached hydrogens (tertiary/aromatic N) is 1. The smallest absolute Gasteiger partial charge is 0.226 e. The number of alkyl halides is 1. The summed E-state index contributed by atoms with van der Waals surface area (Å²) in [5, 5.41) is 0. The zero-order valence-corrected chi connectivity index (χ0v) is 9.59. The van der Waals surface area contributed by atoms with Crippen LogP contribution in [0.2, 0.25) is 0 Å². The van der Waals surface area contributed by atoms with Gasteiger partial charge in [0.2, 0.25) is 5.91 Å². The van der Waals surface area contributed by atoms with Gasteiger partial charge in [0, 0.05) is 37.9 Å². The number of hydrogen-bond acceptors (Lipinski definition) is 2. The number of carbonyl (C=O) groups excluding carboxylic acids is 1. The largest absolute Gasteiger partial charge is 0.384 e. The number of hydrogen-bond donors (Lipinski definition) is 0. The molecule has 2 unspecified atom stereocenters. The maximum absolute atomic E-state index is 11.7. The summed E-state index contributed by atoms with van der Waals surface area (Å²) in [7, 11) is 1.70. The van der Waals surface area contributed by atoms with Crippen molar-refractivity contribution in [3.63, 3.8) is 0 Å². The highest BCUT2D eigenvalue weighted by molar-refractivity contribution is 6.19. The van der Waals surface area contributed by atoms with Crippen molar-refractivity contribution in [3.05, 3.63) is 0 Å². The van der Waals surface area contributed by atoms with Crippen LogP contribution in [0.25, 0.3) is 0 Å². The first-order chi connectivity index (χ1) is 6.69. The van der Waals surface area contributed by atoms with E-state index in [1.54, 1.807) is 7.11 Å². The summed E-state index contributed by atoms with van der Waals surface area (Å²) < 4.78 is 5.08. The molecule has 1 fully saturated rings. The Kier molecular flexibility index (Phi) is 4.69. The van der Waals surface area contributed by atoms with Gasteiger partial charge in [0.25, 0.3) is 0 Å². The molecule has 4 heteroatoms. The first-order valence-corrected chi connectivity index (χ1v) is 5.56. The highest BCUT2D eigenvalue weighted by Gasteiger charge is 2.28. The number of methoxy groups -OCH3 is 1. The number of ether oxygens (including phenoxy) is 1. The molecule has 2 atom stereocenters. The first-order valence-electron chi connectivity index (χ1n) is 5.02. The van der Waals surface area contributed by atoms with Crippen molar-refractivity contribution in [2.45, 2.75) is 13.3 Å². The minimum atomic E-state index is -0.0574. The Balaban J connectivity index is 2.37. The molecular formula is C10H18ClNO2. The number of halogens is 1. The van der Waals surface area contributed by atoms with Crippen molar-refractivity contribution in [1.82, 2.24) is 4.90 Å². The lowest BCUT2D eigenvalue weighted by Gasteiger charge is -2.19. The molecule has 1 rings (SSSR count). The van der Waals surface area contributed by atoms with Gasteiger partial charge in [0.05, 0.1) is 6.61 Å². The van der Waals surface area contributed by atoms with Gasteiger partial charge < -0.3 is 9.64 Å². The fourth-order valence-electron chi connectivity index (χ4n) is 1.78. The molecule has 0 aliphatic carbocycles. The minimum absolute atomic E-state index is 0.0574. The molecule has 0 bridgehead atoms. The summed E-state index contributed by atoms with van der Waals surface area (Å²) in [6, 6.07) is 0. The molecule has 1 amide bonds. The fourth-order valence-corrected chi connectivity index (χ4v) is 1.91. The van der Waals surface area contributed by atoms with Gasteiger partial charge in [-0.1, -0.05) is 6.92 Å². The quantitative estimate of drug-likeness (QED) is 0.669. The van der Waals surface area contributed by atoms with Crippen LogP contribution in [-0.2, 0) is 9.53 Å². The second kappa shape index (κ2) is 5.56. The van der Waals surface area contributed by atoms with Crippen molar-refractivity contribution in [2.24, 2.45) is 11.8 Å².